The Morgan fingerprint density at radius 3 is 2.72 bits per heavy atom. The number of fused-ring (bicyclic) bond motifs is 1. The van der Waals surface area contributed by atoms with Crippen LogP contribution in [0.1, 0.15) is 5.56 Å². The number of hydrogen-bond acceptors (Lipinski definition) is 5. The molecule has 1 fully saturated rings. The van der Waals surface area contributed by atoms with Crippen LogP contribution >= 0.6 is 0 Å². The number of nitrogens with one attached hydrogen (secondary N) is 2. The van der Waals surface area contributed by atoms with Crippen molar-refractivity contribution < 1.29 is 9.47 Å². The van der Waals surface area contributed by atoms with Gasteiger partial charge in [-0.25, -0.2) is 0 Å². The quantitative estimate of drug-likeness (QED) is 0.837. The van der Waals surface area contributed by atoms with E-state index in [0.29, 0.717) is 6.79 Å². The van der Waals surface area contributed by atoms with E-state index in [-0.39, 0.29) is 0 Å². The lowest BCUT2D eigenvalue weighted by molar-refractivity contribution is 0.174. The molecule has 2 heterocycles. The molecule has 0 aliphatic carbocycles. The third-order valence-electron chi connectivity index (χ3n) is 3.42. The van der Waals surface area contributed by atoms with E-state index in [1.165, 1.54) is 5.56 Å². The summed E-state index contributed by atoms with van der Waals surface area (Å²) >= 11 is 0. The van der Waals surface area contributed by atoms with Gasteiger partial charge in [0, 0.05) is 37.9 Å². The molecule has 0 saturated carbocycles. The van der Waals surface area contributed by atoms with Crippen molar-refractivity contribution in [2.24, 2.45) is 0 Å². The van der Waals surface area contributed by atoms with Crippen LogP contribution in [-0.2, 0) is 0 Å². The molecule has 3 rings (SSSR count). The number of anilines is 1. The summed E-state index contributed by atoms with van der Waals surface area (Å²) in [5, 5.41) is 6.83. The second-order valence-electron chi connectivity index (χ2n) is 4.72. The van der Waals surface area contributed by atoms with Gasteiger partial charge in [-0.1, -0.05) is 0 Å². The zero-order valence-electron chi connectivity index (χ0n) is 10.7. The van der Waals surface area contributed by atoms with Crippen LogP contribution in [0.4, 0.5) is 5.69 Å². The molecule has 2 aliphatic heterocycles. The van der Waals surface area contributed by atoms with Gasteiger partial charge < -0.3 is 20.1 Å². The van der Waals surface area contributed by atoms with Gasteiger partial charge in [0.25, 0.3) is 0 Å². The highest BCUT2D eigenvalue weighted by Crippen LogP contribution is 2.36. The van der Waals surface area contributed by atoms with Crippen LogP contribution in [-0.4, -0.2) is 44.5 Å². The summed E-state index contributed by atoms with van der Waals surface area (Å²) in [5.41, 5.74) is 2.31. The molecule has 5 heteroatoms. The van der Waals surface area contributed by atoms with Gasteiger partial charge in [0.05, 0.1) is 6.67 Å². The maximum absolute atomic E-state index is 5.40. The van der Waals surface area contributed by atoms with Crippen LogP contribution in [0.2, 0.25) is 0 Å². The molecule has 5 nitrogen and oxygen atoms in total. The van der Waals surface area contributed by atoms with Crippen molar-refractivity contribution in [2.45, 2.75) is 6.92 Å². The van der Waals surface area contributed by atoms with E-state index in [2.05, 4.69) is 22.5 Å². The summed E-state index contributed by atoms with van der Waals surface area (Å²) in [5.74, 6) is 1.68. The minimum absolute atomic E-state index is 0.329. The summed E-state index contributed by atoms with van der Waals surface area (Å²) in [6.45, 7) is 7.62. The SMILES string of the molecule is Cc1cc2c(cc1NCN1CCNCC1)OCO2. The zero-order valence-corrected chi connectivity index (χ0v) is 10.7. The van der Waals surface area contributed by atoms with Crippen LogP contribution in [0, 0.1) is 6.92 Å². The topological polar surface area (TPSA) is 45.8 Å². The van der Waals surface area contributed by atoms with Gasteiger partial charge in [0.1, 0.15) is 0 Å². The Hall–Kier alpha value is -1.46. The van der Waals surface area contributed by atoms with E-state index in [4.69, 9.17) is 9.47 Å². The van der Waals surface area contributed by atoms with Crippen molar-refractivity contribution in [3.63, 3.8) is 0 Å². The maximum atomic E-state index is 5.40. The predicted octanol–water partition coefficient (Wildman–Crippen LogP) is 0.998. The van der Waals surface area contributed by atoms with Crippen LogP contribution in [0.5, 0.6) is 11.5 Å². The normalized spacial score (nSPS) is 18.9. The van der Waals surface area contributed by atoms with E-state index in [1.54, 1.807) is 0 Å². The first-order chi connectivity index (χ1) is 8.83. The minimum atomic E-state index is 0.329. The average molecular weight is 249 g/mol. The highest BCUT2D eigenvalue weighted by atomic mass is 16.7. The number of benzene rings is 1. The molecule has 1 aromatic carbocycles. The van der Waals surface area contributed by atoms with E-state index in [0.717, 1.165) is 50.0 Å². The average Bonchev–Trinajstić information content (AvgIpc) is 2.84. The molecule has 0 spiro atoms. The van der Waals surface area contributed by atoms with Gasteiger partial charge in [-0.05, 0) is 18.6 Å². The van der Waals surface area contributed by atoms with E-state index in [9.17, 15) is 0 Å². The van der Waals surface area contributed by atoms with Crippen molar-refractivity contribution in [2.75, 3.05) is 45.0 Å². The largest absolute Gasteiger partial charge is 0.454 e. The minimum Gasteiger partial charge on any atom is -0.454 e. The van der Waals surface area contributed by atoms with Crippen LogP contribution < -0.4 is 20.1 Å². The zero-order chi connectivity index (χ0) is 12.4. The second-order valence-corrected chi connectivity index (χ2v) is 4.72. The number of rotatable bonds is 3. The fourth-order valence-electron chi connectivity index (χ4n) is 2.30. The van der Waals surface area contributed by atoms with Crippen molar-refractivity contribution in [1.82, 2.24) is 10.2 Å². The van der Waals surface area contributed by atoms with Crippen LogP contribution in [0.15, 0.2) is 12.1 Å². The molecule has 0 unspecified atom stereocenters. The van der Waals surface area contributed by atoms with E-state index >= 15 is 0 Å². The molecule has 0 bridgehead atoms. The summed E-state index contributed by atoms with van der Waals surface area (Å²) in [6, 6.07) is 4.06. The number of hydrogen-bond donors (Lipinski definition) is 2. The smallest absolute Gasteiger partial charge is 0.231 e. The molecule has 0 aromatic heterocycles. The third kappa shape index (κ3) is 2.37. The summed E-state index contributed by atoms with van der Waals surface area (Å²) in [6.07, 6.45) is 0. The van der Waals surface area contributed by atoms with Crippen LogP contribution in [0.25, 0.3) is 0 Å². The number of aryl methyl sites for hydroxylation is 1. The highest BCUT2D eigenvalue weighted by molar-refractivity contribution is 5.60. The number of ether oxygens (including phenoxy) is 2. The van der Waals surface area contributed by atoms with Crippen molar-refractivity contribution >= 4 is 5.69 Å². The standard InChI is InChI=1S/C13H19N3O2/c1-10-6-12-13(18-9-17-12)7-11(10)15-8-16-4-2-14-3-5-16/h6-7,14-15H,2-5,8-9H2,1H3. The summed E-state index contributed by atoms with van der Waals surface area (Å²) < 4.78 is 10.8. The fourth-order valence-corrected chi connectivity index (χ4v) is 2.30. The Morgan fingerprint density at radius 2 is 1.94 bits per heavy atom. The molecular weight excluding hydrogens is 230 g/mol. The van der Waals surface area contributed by atoms with Gasteiger partial charge >= 0.3 is 0 Å². The highest BCUT2D eigenvalue weighted by Gasteiger charge is 2.16. The maximum Gasteiger partial charge on any atom is 0.231 e. The molecule has 1 saturated heterocycles. The first-order valence-corrected chi connectivity index (χ1v) is 6.40. The lowest BCUT2D eigenvalue weighted by Crippen LogP contribution is -2.45. The molecule has 1 aromatic rings. The van der Waals surface area contributed by atoms with Crippen molar-refractivity contribution in [3.8, 4) is 11.5 Å². The Balaban J connectivity index is 1.65. The summed E-state index contributed by atoms with van der Waals surface area (Å²) in [4.78, 5) is 2.40. The molecule has 0 atom stereocenters. The Labute approximate surface area is 107 Å². The Kier molecular flexibility index (Phi) is 3.25. The molecule has 0 amide bonds. The van der Waals surface area contributed by atoms with Crippen molar-refractivity contribution in [3.05, 3.63) is 17.7 Å². The molecule has 2 N–H and O–H groups in total. The monoisotopic (exact) mass is 249 g/mol. The van der Waals surface area contributed by atoms with Crippen molar-refractivity contribution in [1.29, 1.82) is 0 Å². The van der Waals surface area contributed by atoms with Gasteiger partial charge in [0.15, 0.2) is 11.5 Å². The van der Waals surface area contributed by atoms with Gasteiger partial charge in [-0.3, -0.25) is 4.90 Å². The molecule has 0 radical (unpaired) electrons. The van der Waals surface area contributed by atoms with Gasteiger partial charge in [-0.2, -0.15) is 0 Å². The lowest BCUT2D eigenvalue weighted by Gasteiger charge is -2.28. The predicted molar refractivity (Wildman–Crippen MR) is 70.2 cm³/mol. The number of nitrogens with zero attached hydrogens (tertiary/aromatic N) is 1. The van der Waals surface area contributed by atoms with E-state index < -0.39 is 0 Å². The van der Waals surface area contributed by atoms with Crippen LogP contribution in [0.3, 0.4) is 0 Å². The van der Waals surface area contributed by atoms with Gasteiger partial charge in [-0.15, -0.1) is 0 Å². The molecular formula is C13H19N3O2. The van der Waals surface area contributed by atoms with E-state index in [1.807, 2.05) is 12.1 Å². The molecule has 2 aliphatic rings. The first kappa shape index (κ1) is 11.6. The van der Waals surface area contributed by atoms with Gasteiger partial charge in [0.2, 0.25) is 6.79 Å². The molecule has 18 heavy (non-hydrogen) atoms. The first-order valence-electron chi connectivity index (χ1n) is 6.40. The Morgan fingerprint density at radius 1 is 1.22 bits per heavy atom. The second kappa shape index (κ2) is 5.04. The number of piperazine rings is 1. The molecule has 98 valence electrons. The summed E-state index contributed by atoms with van der Waals surface area (Å²) in [7, 11) is 0. The Bertz CT molecular complexity index is 430. The fraction of sp³-hybridized carbons (Fsp3) is 0.538. The third-order valence-corrected chi connectivity index (χ3v) is 3.42. The lowest BCUT2D eigenvalue weighted by atomic mass is 10.2.